The van der Waals surface area contributed by atoms with E-state index in [0.29, 0.717) is 0 Å². The Labute approximate surface area is 49.1 Å². The minimum Gasteiger partial charge on any atom is -0.330 e. The molecule has 0 spiro atoms. The largest absolute Gasteiger partial charge is 0.330 e. The van der Waals surface area contributed by atoms with Crippen LogP contribution in [0.3, 0.4) is 0 Å². The molecule has 3 heteroatoms. The van der Waals surface area contributed by atoms with Gasteiger partial charge in [-0.3, -0.25) is 0 Å². The average molecular weight is 128 g/mol. The third-order valence-corrected chi connectivity index (χ3v) is 0.966. The van der Waals surface area contributed by atoms with Gasteiger partial charge in [0.25, 0.3) is 0 Å². The van der Waals surface area contributed by atoms with E-state index >= 15 is 0 Å². The highest BCUT2D eigenvalue weighted by Crippen LogP contribution is 1.83. The molecule has 40 valence electrons. The molecule has 0 aliphatic carbocycles. The summed E-state index contributed by atoms with van der Waals surface area (Å²) in [4.78, 5) is 0. The lowest BCUT2D eigenvalue weighted by molar-refractivity contribution is 1.15. The Balaban J connectivity index is 0. The van der Waals surface area contributed by atoms with Gasteiger partial charge in [0, 0.05) is 12.3 Å². The van der Waals surface area contributed by atoms with Gasteiger partial charge in [0.2, 0.25) is 0 Å². The molecule has 0 radical (unpaired) electrons. The van der Waals surface area contributed by atoms with Crippen LogP contribution in [-0.2, 0) is 0 Å². The van der Waals surface area contributed by atoms with Crippen molar-refractivity contribution in [3.8, 4) is 0 Å². The fourth-order valence-electron chi connectivity index (χ4n) is 0.118. The molecule has 0 heterocycles. The van der Waals surface area contributed by atoms with E-state index < -0.39 is 0 Å². The topological polar surface area (TPSA) is 26.0 Å². The first-order valence-electron chi connectivity index (χ1n) is 1.61. The highest BCUT2D eigenvalue weighted by molar-refractivity contribution is 7.98. The normalized spacial score (nSPS) is 7.00. The Morgan fingerprint density at radius 1 is 1.67 bits per heavy atom. The van der Waals surface area contributed by atoms with Crippen LogP contribution in [0.2, 0.25) is 0 Å². The number of hydrogen-bond acceptors (Lipinski definition) is 2. The van der Waals surface area contributed by atoms with Crippen LogP contribution < -0.4 is 5.73 Å². The second-order valence-electron chi connectivity index (χ2n) is 0.781. The number of thioether (sulfide) groups is 1. The smallest absolute Gasteiger partial charge is 0.00530 e. The zero-order valence-electron chi connectivity index (χ0n) is 3.81. The van der Waals surface area contributed by atoms with E-state index in [0.717, 1.165) is 12.3 Å². The van der Waals surface area contributed by atoms with Crippen LogP contribution in [0.25, 0.3) is 0 Å². The van der Waals surface area contributed by atoms with E-state index in [1.54, 1.807) is 11.8 Å². The highest BCUT2D eigenvalue weighted by Gasteiger charge is 1.67. The van der Waals surface area contributed by atoms with Crippen molar-refractivity contribution >= 4 is 24.2 Å². The third kappa shape index (κ3) is 8.82. The maximum Gasteiger partial charge on any atom is 0.00530 e. The summed E-state index contributed by atoms with van der Waals surface area (Å²) in [6.07, 6.45) is 2.05. The molecule has 0 unspecified atom stereocenters. The Hall–Kier alpha value is 0.600. The van der Waals surface area contributed by atoms with Crippen LogP contribution in [0.5, 0.6) is 0 Å². The maximum atomic E-state index is 5.12. The van der Waals surface area contributed by atoms with Gasteiger partial charge in [0.1, 0.15) is 0 Å². The summed E-state index contributed by atoms with van der Waals surface area (Å²) >= 11 is 1.78. The Morgan fingerprint density at radius 2 is 2.17 bits per heavy atom. The van der Waals surface area contributed by atoms with Crippen LogP contribution in [0.15, 0.2) is 0 Å². The van der Waals surface area contributed by atoms with Crippen molar-refractivity contribution in [2.45, 2.75) is 0 Å². The Kier molecular flexibility index (Phi) is 14.9. The van der Waals surface area contributed by atoms with Gasteiger partial charge in [-0.2, -0.15) is 11.8 Å². The Bertz CT molecular complexity index is 18.3. The molecule has 0 saturated heterocycles. The first-order valence-corrected chi connectivity index (χ1v) is 3.00. The molecule has 0 atom stereocenters. The molecule has 2 N–H and O–H groups in total. The van der Waals surface area contributed by atoms with Crippen molar-refractivity contribution in [2.24, 2.45) is 5.73 Å². The summed E-state index contributed by atoms with van der Waals surface area (Å²) in [6, 6.07) is 0. The number of nitrogens with two attached hydrogens (primary N) is 1. The molecule has 0 aromatic heterocycles. The predicted octanol–water partition coefficient (Wildman–Crippen LogP) is 0.730. The van der Waals surface area contributed by atoms with Gasteiger partial charge in [-0.05, 0) is 6.26 Å². The summed E-state index contributed by atoms with van der Waals surface area (Å²) in [5.74, 6) is 1.08. The summed E-state index contributed by atoms with van der Waals surface area (Å²) in [5.41, 5.74) is 5.12. The summed E-state index contributed by atoms with van der Waals surface area (Å²) in [7, 11) is 0. The molecule has 0 amide bonds. The van der Waals surface area contributed by atoms with Crippen molar-refractivity contribution in [1.29, 1.82) is 0 Å². The zero-order chi connectivity index (χ0) is 4.12. The summed E-state index contributed by atoms with van der Waals surface area (Å²) in [6.45, 7) is 0.807. The molecular formula is C3H10ClNS. The van der Waals surface area contributed by atoms with Gasteiger partial charge in [-0.25, -0.2) is 0 Å². The monoisotopic (exact) mass is 127 g/mol. The van der Waals surface area contributed by atoms with Gasteiger partial charge in [-0.1, -0.05) is 0 Å². The van der Waals surface area contributed by atoms with E-state index in [-0.39, 0.29) is 12.4 Å². The third-order valence-electron chi connectivity index (χ3n) is 0.322. The molecule has 0 saturated carbocycles. The van der Waals surface area contributed by atoms with Crippen LogP contribution >= 0.6 is 24.2 Å². The van der Waals surface area contributed by atoms with Crippen LogP contribution in [-0.4, -0.2) is 18.6 Å². The first kappa shape index (κ1) is 9.78. The molecule has 0 aliphatic rings. The molecule has 6 heavy (non-hydrogen) atoms. The van der Waals surface area contributed by atoms with E-state index in [2.05, 4.69) is 0 Å². The average Bonchev–Trinajstić information content (AvgIpc) is 1.41. The van der Waals surface area contributed by atoms with Crippen LogP contribution in [0, 0.1) is 0 Å². The molecular weight excluding hydrogens is 118 g/mol. The van der Waals surface area contributed by atoms with Gasteiger partial charge >= 0.3 is 0 Å². The zero-order valence-corrected chi connectivity index (χ0v) is 5.44. The number of rotatable bonds is 2. The second kappa shape index (κ2) is 9.14. The molecule has 0 rings (SSSR count). The van der Waals surface area contributed by atoms with Crippen LogP contribution in [0.1, 0.15) is 0 Å². The SMILES string of the molecule is CSCCN.Cl. The van der Waals surface area contributed by atoms with Gasteiger partial charge in [-0.15, -0.1) is 12.4 Å². The van der Waals surface area contributed by atoms with Crippen molar-refractivity contribution in [3.63, 3.8) is 0 Å². The molecule has 1 nitrogen and oxygen atoms in total. The van der Waals surface area contributed by atoms with E-state index in [4.69, 9.17) is 5.73 Å². The predicted molar refractivity (Wildman–Crippen MR) is 34.7 cm³/mol. The molecule has 0 aromatic rings. The van der Waals surface area contributed by atoms with Crippen molar-refractivity contribution in [1.82, 2.24) is 0 Å². The lowest BCUT2D eigenvalue weighted by Crippen LogP contribution is -1.99. The maximum absolute atomic E-state index is 5.12. The van der Waals surface area contributed by atoms with Gasteiger partial charge < -0.3 is 5.73 Å². The minimum atomic E-state index is 0. The quantitative estimate of drug-likeness (QED) is 0.592. The lowest BCUT2D eigenvalue weighted by Gasteiger charge is -1.80. The minimum absolute atomic E-state index is 0. The van der Waals surface area contributed by atoms with Crippen LogP contribution in [0.4, 0.5) is 0 Å². The fourth-order valence-corrected chi connectivity index (χ4v) is 0.354. The van der Waals surface area contributed by atoms with Crippen molar-refractivity contribution in [3.05, 3.63) is 0 Å². The lowest BCUT2D eigenvalue weighted by atomic mass is 10.8. The standard InChI is InChI=1S/C3H9NS.ClH/c1-5-3-2-4;/h2-4H2,1H3;1H. The highest BCUT2D eigenvalue weighted by atomic mass is 35.5. The summed E-state index contributed by atoms with van der Waals surface area (Å²) < 4.78 is 0. The first-order chi connectivity index (χ1) is 2.41. The summed E-state index contributed by atoms with van der Waals surface area (Å²) in [5, 5.41) is 0. The number of hydrogen-bond donors (Lipinski definition) is 1. The van der Waals surface area contributed by atoms with Crippen molar-refractivity contribution in [2.75, 3.05) is 18.6 Å². The molecule has 0 aliphatic heterocycles. The second-order valence-corrected chi connectivity index (χ2v) is 1.77. The van der Waals surface area contributed by atoms with E-state index in [1.807, 2.05) is 6.26 Å². The molecule has 0 aromatic carbocycles. The van der Waals surface area contributed by atoms with Gasteiger partial charge in [0.15, 0.2) is 0 Å². The van der Waals surface area contributed by atoms with E-state index in [1.165, 1.54) is 0 Å². The fraction of sp³-hybridized carbons (Fsp3) is 1.00. The van der Waals surface area contributed by atoms with Crippen molar-refractivity contribution < 1.29 is 0 Å². The molecule has 0 fully saturated rings. The van der Waals surface area contributed by atoms with Gasteiger partial charge in [0.05, 0.1) is 0 Å². The number of halogens is 1. The van der Waals surface area contributed by atoms with E-state index in [9.17, 15) is 0 Å². The molecule has 0 bridgehead atoms. The Morgan fingerprint density at radius 3 is 2.17 bits per heavy atom.